The van der Waals surface area contributed by atoms with Gasteiger partial charge in [0, 0.05) is 37.7 Å². The number of aromatic nitrogens is 1. The summed E-state index contributed by atoms with van der Waals surface area (Å²) >= 11 is 3.95. The SMILES string of the molecule is Brc1c(-c2ccccc2)n(CN2CCOCC2)c2c(NC3CCOCC3)cccc12. The molecule has 0 atom stereocenters. The van der Waals surface area contributed by atoms with Gasteiger partial charge in [-0.2, -0.15) is 0 Å². The van der Waals surface area contributed by atoms with Crippen LogP contribution in [0.3, 0.4) is 0 Å². The van der Waals surface area contributed by atoms with Crippen LogP contribution in [0.5, 0.6) is 0 Å². The molecule has 5 rings (SSSR count). The standard InChI is InChI=1S/C24H28BrN3O2/c25-22-20-7-4-8-21(26-19-9-13-29-14-10-19)24(20)28(17-27-11-15-30-16-12-27)23(22)18-5-2-1-3-6-18/h1-8,19,26H,9-17H2. The number of fused-ring (bicyclic) bond motifs is 1. The number of anilines is 1. The molecule has 0 unspecified atom stereocenters. The number of ether oxygens (including phenoxy) is 2. The number of rotatable bonds is 5. The zero-order valence-electron chi connectivity index (χ0n) is 17.1. The van der Waals surface area contributed by atoms with Crippen molar-refractivity contribution in [3.05, 3.63) is 53.0 Å². The summed E-state index contributed by atoms with van der Waals surface area (Å²) in [4.78, 5) is 2.48. The Hall–Kier alpha value is -1.86. The molecule has 2 aliphatic rings. The largest absolute Gasteiger partial charge is 0.381 e. The summed E-state index contributed by atoms with van der Waals surface area (Å²) in [5, 5.41) is 5.08. The summed E-state index contributed by atoms with van der Waals surface area (Å²) in [6.07, 6.45) is 2.10. The van der Waals surface area contributed by atoms with Gasteiger partial charge in [-0.05, 0) is 40.4 Å². The van der Waals surface area contributed by atoms with Gasteiger partial charge in [0.15, 0.2) is 0 Å². The third-order valence-electron chi connectivity index (χ3n) is 6.09. The molecule has 6 heteroatoms. The van der Waals surface area contributed by atoms with Crippen LogP contribution in [-0.2, 0) is 16.1 Å². The summed E-state index contributed by atoms with van der Waals surface area (Å²) in [5.74, 6) is 0. The first-order valence-electron chi connectivity index (χ1n) is 10.8. The Labute approximate surface area is 186 Å². The molecule has 2 saturated heterocycles. The highest BCUT2D eigenvalue weighted by Gasteiger charge is 2.23. The summed E-state index contributed by atoms with van der Waals surface area (Å²) in [5.41, 5.74) is 4.93. The van der Waals surface area contributed by atoms with E-state index in [4.69, 9.17) is 9.47 Å². The fourth-order valence-electron chi connectivity index (χ4n) is 4.51. The Balaban J connectivity index is 1.63. The summed E-state index contributed by atoms with van der Waals surface area (Å²) in [7, 11) is 0. The predicted octanol–water partition coefficient (Wildman–Crippen LogP) is 4.95. The quantitative estimate of drug-likeness (QED) is 0.573. The van der Waals surface area contributed by atoms with E-state index in [1.807, 2.05) is 0 Å². The Morgan fingerprint density at radius 1 is 0.900 bits per heavy atom. The van der Waals surface area contributed by atoms with Crippen molar-refractivity contribution in [2.75, 3.05) is 44.8 Å². The van der Waals surface area contributed by atoms with E-state index in [0.29, 0.717) is 6.04 Å². The molecule has 2 fully saturated rings. The van der Waals surface area contributed by atoms with Gasteiger partial charge in [-0.15, -0.1) is 0 Å². The Morgan fingerprint density at radius 2 is 1.63 bits per heavy atom. The number of halogens is 1. The van der Waals surface area contributed by atoms with Crippen LogP contribution in [-0.4, -0.2) is 55.0 Å². The van der Waals surface area contributed by atoms with Crippen LogP contribution in [0.25, 0.3) is 22.2 Å². The van der Waals surface area contributed by atoms with Gasteiger partial charge in [0.2, 0.25) is 0 Å². The maximum atomic E-state index is 5.58. The molecule has 0 spiro atoms. The summed E-state index contributed by atoms with van der Waals surface area (Å²) in [6, 6.07) is 17.7. The van der Waals surface area contributed by atoms with Gasteiger partial charge in [-0.1, -0.05) is 42.5 Å². The minimum absolute atomic E-state index is 0.454. The van der Waals surface area contributed by atoms with Crippen molar-refractivity contribution in [1.82, 2.24) is 9.47 Å². The lowest BCUT2D eigenvalue weighted by Crippen LogP contribution is -2.37. The molecule has 0 amide bonds. The fourth-order valence-corrected chi connectivity index (χ4v) is 5.27. The molecule has 2 aromatic carbocycles. The third kappa shape index (κ3) is 4.02. The summed E-state index contributed by atoms with van der Waals surface area (Å²) < 4.78 is 14.8. The monoisotopic (exact) mass is 469 g/mol. The Kier molecular flexibility index (Phi) is 6.09. The topological polar surface area (TPSA) is 38.7 Å². The second kappa shape index (κ2) is 9.10. The number of nitrogens with one attached hydrogen (secondary N) is 1. The molecule has 3 aromatic rings. The molecule has 0 radical (unpaired) electrons. The number of para-hydroxylation sites is 1. The summed E-state index contributed by atoms with van der Waals surface area (Å²) in [6.45, 7) is 6.04. The van der Waals surface area contributed by atoms with Gasteiger partial charge in [0.05, 0.1) is 41.3 Å². The lowest BCUT2D eigenvalue weighted by molar-refractivity contribution is 0.0244. The van der Waals surface area contributed by atoms with Crippen LogP contribution < -0.4 is 5.32 Å². The molecule has 0 bridgehead atoms. The van der Waals surface area contributed by atoms with E-state index in [1.165, 1.54) is 27.8 Å². The lowest BCUT2D eigenvalue weighted by atomic mass is 10.1. The molecule has 158 valence electrons. The highest BCUT2D eigenvalue weighted by atomic mass is 79.9. The minimum Gasteiger partial charge on any atom is -0.381 e. The van der Waals surface area contributed by atoms with Crippen LogP contribution in [0, 0.1) is 0 Å². The second-order valence-electron chi connectivity index (χ2n) is 8.06. The van der Waals surface area contributed by atoms with E-state index < -0.39 is 0 Å². The number of benzene rings is 2. The zero-order chi connectivity index (χ0) is 20.3. The number of hydrogen-bond acceptors (Lipinski definition) is 4. The number of nitrogens with zero attached hydrogens (tertiary/aromatic N) is 2. The normalized spacial score (nSPS) is 18.7. The first kappa shape index (κ1) is 20.1. The van der Waals surface area contributed by atoms with Gasteiger partial charge >= 0.3 is 0 Å². The smallest absolute Gasteiger partial charge is 0.0759 e. The maximum absolute atomic E-state index is 5.58. The molecule has 1 aromatic heterocycles. The van der Waals surface area contributed by atoms with Gasteiger partial charge < -0.3 is 19.4 Å². The molecule has 0 saturated carbocycles. The molecule has 30 heavy (non-hydrogen) atoms. The van der Waals surface area contributed by atoms with Crippen LogP contribution in [0.15, 0.2) is 53.0 Å². The third-order valence-corrected chi connectivity index (χ3v) is 6.90. The van der Waals surface area contributed by atoms with Gasteiger partial charge in [0.1, 0.15) is 0 Å². The van der Waals surface area contributed by atoms with Crippen LogP contribution in [0.4, 0.5) is 5.69 Å². The van der Waals surface area contributed by atoms with Crippen molar-refractivity contribution in [3.8, 4) is 11.3 Å². The van der Waals surface area contributed by atoms with Crippen molar-refractivity contribution in [2.45, 2.75) is 25.6 Å². The molecule has 5 nitrogen and oxygen atoms in total. The van der Waals surface area contributed by atoms with Crippen LogP contribution in [0.2, 0.25) is 0 Å². The molecule has 0 aliphatic carbocycles. The van der Waals surface area contributed by atoms with Crippen molar-refractivity contribution < 1.29 is 9.47 Å². The average molecular weight is 470 g/mol. The number of hydrogen-bond donors (Lipinski definition) is 1. The second-order valence-corrected chi connectivity index (χ2v) is 8.85. The van der Waals surface area contributed by atoms with Gasteiger partial charge in [-0.25, -0.2) is 0 Å². The number of morpholine rings is 1. The molecule has 3 heterocycles. The van der Waals surface area contributed by atoms with E-state index in [9.17, 15) is 0 Å². The Bertz CT molecular complexity index is 993. The van der Waals surface area contributed by atoms with E-state index in [2.05, 4.69) is 79.2 Å². The molecule has 1 N–H and O–H groups in total. The highest BCUT2D eigenvalue weighted by molar-refractivity contribution is 9.10. The Morgan fingerprint density at radius 3 is 2.40 bits per heavy atom. The van der Waals surface area contributed by atoms with Crippen LogP contribution >= 0.6 is 15.9 Å². The van der Waals surface area contributed by atoms with Crippen molar-refractivity contribution in [3.63, 3.8) is 0 Å². The molecular weight excluding hydrogens is 442 g/mol. The van der Waals surface area contributed by atoms with E-state index >= 15 is 0 Å². The van der Waals surface area contributed by atoms with E-state index in [0.717, 1.165) is 63.5 Å². The van der Waals surface area contributed by atoms with Gasteiger partial charge in [0.25, 0.3) is 0 Å². The lowest BCUT2D eigenvalue weighted by Gasteiger charge is -2.29. The first-order valence-corrected chi connectivity index (χ1v) is 11.6. The maximum Gasteiger partial charge on any atom is 0.0759 e. The molecule has 2 aliphatic heterocycles. The average Bonchev–Trinajstić information content (AvgIpc) is 3.08. The first-order chi connectivity index (χ1) is 14.8. The minimum atomic E-state index is 0.454. The molecular formula is C24H28BrN3O2. The fraction of sp³-hybridized carbons (Fsp3) is 0.417. The van der Waals surface area contributed by atoms with Crippen molar-refractivity contribution >= 4 is 32.5 Å². The van der Waals surface area contributed by atoms with Crippen molar-refractivity contribution in [1.29, 1.82) is 0 Å². The predicted molar refractivity (Wildman–Crippen MR) is 125 cm³/mol. The van der Waals surface area contributed by atoms with Crippen LogP contribution in [0.1, 0.15) is 12.8 Å². The highest BCUT2D eigenvalue weighted by Crippen LogP contribution is 2.41. The van der Waals surface area contributed by atoms with Gasteiger partial charge in [-0.3, -0.25) is 4.90 Å². The zero-order valence-corrected chi connectivity index (χ0v) is 18.7. The van der Waals surface area contributed by atoms with E-state index in [-0.39, 0.29) is 0 Å². The van der Waals surface area contributed by atoms with E-state index in [1.54, 1.807) is 0 Å². The van der Waals surface area contributed by atoms with Crippen molar-refractivity contribution in [2.24, 2.45) is 0 Å².